The first-order valence-electron chi connectivity index (χ1n) is 7.40. The number of hydrogen-bond donors (Lipinski definition) is 0. The highest BCUT2D eigenvalue weighted by atomic mass is 35.5. The number of halogens is 1. The minimum Gasteiger partial charge on any atom is -0.356 e. The van der Waals surface area contributed by atoms with Gasteiger partial charge in [0.15, 0.2) is 0 Å². The zero-order valence-electron chi connectivity index (χ0n) is 13.2. The van der Waals surface area contributed by atoms with E-state index in [2.05, 4.69) is 53.8 Å². The lowest BCUT2D eigenvalue weighted by molar-refractivity contribution is 0.400. The van der Waals surface area contributed by atoms with Gasteiger partial charge in [0.2, 0.25) is 5.28 Å². The second-order valence-corrected chi connectivity index (χ2v) is 6.79. The van der Waals surface area contributed by atoms with Crippen molar-refractivity contribution in [2.24, 2.45) is 0 Å². The second-order valence-electron chi connectivity index (χ2n) is 5.34. The number of thiophene rings is 1. The Bertz CT molecular complexity index is 597. The molecule has 0 amide bonds. The van der Waals surface area contributed by atoms with E-state index in [9.17, 15) is 0 Å². The van der Waals surface area contributed by atoms with E-state index in [4.69, 9.17) is 11.6 Å². The molecule has 0 spiro atoms. The molecule has 0 saturated heterocycles. The van der Waals surface area contributed by atoms with Gasteiger partial charge in [0.25, 0.3) is 0 Å². The first-order valence-corrected chi connectivity index (χ1v) is 8.60. The Morgan fingerprint density at radius 3 is 2.57 bits per heavy atom. The first kappa shape index (κ1) is 16.5. The van der Waals surface area contributed by atoms with Crippen LogP contribution >= 0.6 is 22.9 Å². The lowest BCUT2D eigenvalue weighted by Gasteiger charge is -2.23. The van der Waals surface area contributed by atoms with Crippen LogP contribution in [0.5, 0.6) is 0 Å². The van der Waals surface area contributed by atoms with Gasteiger partial charge in [-0.1, -0.05) is 6.92 Å². The molecule has 0 aliphatic carbocycles. The second kappa shape index (κ2) is 7.38. The summed E-state index contributed by atoms with van der Waals surface area (Å²) in [4.78, 5) is 15.7. The van der Waals surface area contributed by atoms with Crippen molar-refractivity contribution in [3.8, 4) is 0 Å². The number of anilines is 1. The largest absolute Gasteiger partial charge is 0.356 e. The van der Waals surface area contributed by atoms with Crippen LogP contribution in [-0.4, -0.2) is 48.6 Å². The van der Waals surface area contributed by atoms with Gasteiger partial charge in [-0.05, 0) is 58.1 Å². The summed E-state index contributed by atoms with van der Waals surface area (Å²) in [6.45, 7) is 7.29. The number of aromatic nitrogens is 2. The fourth-order valence-electron chi connectivity index (χ4n) is 2.34. The van der Waals surface area contributed by atoms with Gasteiger partial charge in [-0.3, -0.25) is 0 Å². The molecule has 0 aromatic carbocycles. The SMILES string of the molecule is CCc1cc2c(N(CC)CCCN(C)C)nc(Cl)nc2s1. The molecule has 0 atom stereocenters. The monoisotopic (exact) mass is 326 g/mol. The van der Waals surface area contributed by atoms with E-state index >= 15 is 0 Å². The van der Waals surface area contributed by atoms with Gasteiger partial charge in [-0.15, -0.1) is 11.3 Å². The van der Waals surface area contributed by atoms with E-state index in [1.165, 1.54) is 4.88 Å². The van der Waals surface area contributed by atoms with Crippen molar-refractivity contribution < 1.29 is 0 Å². The summed E-state index contributed by atoms with van der Waals surface area (Å²) < 4.78 is 0. The lowest BCUT2D eigenvalue weighted by Crippen LogP contribution is -2.28. The average Bonchev–Trinajstić information content (AvgIpc) is 2.85. The van der Waals surface area contributed by atoms with Gasteiger partial charge in [0.1, 0.15) is 10.6 Å². The molecule has 0 N–H and O–H groups in total. The summed E-state index contributed by atoms with van der Waals surface area (Å²) in [6.07, 6.45) is 2.12. The highest BCUT2D eigenvalue weighted by molar-refractivity contribution is 7.18. The Morgan fingerprint density at radius 1 is 1.19 bits per heavy atom. The predicted octanol–water partition coefficient (Wildman–Crippen LogP) is 3.69. The van der Waals surface area contributed by atoms with Crippen molar-refractivity contribution in [1.29, 1.82) is 0 Å². The number of aryl methyl sites for hydroxylation is 1. The smallest absolute Gasteiger partial charge is 0.225 e. The molecule has 2 aromatic heterocycles. The molecular weight excluding hydrogens is 304 g/mol. The summed E-state index contributed by atoms with van der Waals surface area (Å²) in [6, 6.07) is 2.21. The van der Waals surface area contributed by atoms with Crippen LogP contribution < -0.4 is 4.90 Å². The van der Waals surface area contributed by atoms with Crippen molar-refractivity contribution in [2.45, 2.75) is 26.7 Å². The molecule has 0 saturated carbocycles. The third-order valence-electron chi connectivity index (χ3n) is 3.46. The minimum absolute atomic E-state index is 0.341. The van der Waals surface area contributed by atoms with E-state index in [1.807, 2.05) is 0 Å². The zero-order chi connectivity index (χ0) is 15.4. The van der Waals surface area contributed by atoms with Crippen molar-refractivity contribution >= 4 is 39.0 Å². The van der Waals surface area contributed by atoms with E-state index < -0.39 is 0 Å². The standard InChI is InChI=1S/C15H23ClN4S/c1-5-11-10-12-13(17-15(16)18-14(12)21-11)20(6-2)9-7-8-19(3)4/h10H,5-9H2,1-4H3. The van der Waals surface area contributed by atoms with Crippen LogP contribution in [0.15, 0.2) is 6.07 Å². The molecule has 0 bridgehead atoms. The first-order chi connectivity index (χ1) is 10.0. The third-order valence-corrected chi connectivity index (χ3v) is 4.80. The number of nitrogens with zero attached hydrogens (tertiary/aromatic N) is 4. The maximum Gasteiger partial charge on any atom is 0.225 e. The molecule has 21 heavy (non-hydrogen) atoms. The molecule has 0 aliphatic rings. The van der Waals surface area contributed by atoms with E-state index in [1.54, 1.807) is 11.3 Å². The van der Waals surface area contributed by atoms with Crippen LogP contribution in [-0.2, 0) is 6.42 Å². The van der Waals surface area contributed by atoms with E-state index in [0.717, 1.165) is 48.5 Å². The molecule has 2 heterocycles. The molecule has 2 rings (SSSR count). The van der Waals surface area contributed by atoms with Crippen LogP contribution in [0, 0.1) is 0 Å². The van der Waals surface area contributed by atoms with Crippen LogP contribution in [0.2, 0.25) is 5.28 Å². The molecule has 0 radical (unpaired) electrons. The van der Waals surface area contributed by atoms with Crippen LogP contribution in [0.3, 0.4) is 0 Å². The van der Waals surface area contributed by atoms with Crippen LogP contribution in [0.25, 0.3) is 10.2 Å². The summed E-state index contributed by atoms with van der Waals surface area (Å²) in [5.41, 5.74) is 0. The Balaban J connectivity index is 2.30. The van der Waals surface area contributed by atoms with Crippen molar-refractivity contribution in [3.63, 3.8) is 0 Å². The van der Waals surface area contributed by atoms with Gasteiger partial charge in [0.05, 0.1) is 5.39 Å². The zero-order valence-corrected chi connectivity index (χ0v) is 14.8. The quantitative estimate of drug-likeness (QED) is 0.726. The fraction of sp³-hybridized carbons (Fsp3) is 0.600. The predicted molar refractivity (Wildman–Crippen MR) is 92.9 cm³/mol. The Morgan fingerprint density at radius 2 is 1.95 bits per heavy atom. The number of hydrogen-bond acceptors (Lipinski definition) is 5. The van der Waals surface area contributed by atoms with E-state index in [-0.39, 0.29) is 0 Å². The van der Waals surface area contributed by atoms with Crippen molar-refractivity contribution in [2.75, 3.05) is 38.6 Å². The summed E-state index contributed by atoms with van der Waals surface area (Å²) in [7, 11) is 4.20. The van der Waals surface area contributed by atoms with Gasteiger partial charge in [0, 0.05) is 18.0 Å². The molecule has 0 aliphatic heterocycles. The van der Waals surface area contributed by atoms with Gasteiger partial charge < -0.3 is 9.80 Å². The maximum absolute atomic E-state index is 6.11. The van der Waals surface area contributed by atoms with E-state index in [0.29, 0.717) is 5.28 Å². The van der Waals surface area contributed by atoms with Gasteiger partial charge >= 0.3 is 0 Å². The summed E-state index contributed by atoms with van der Waals surface area (Å²) in [5, 5.41) is 1.47. The average molecular weight is 327 g/mol. The Hall–Kier alpha value is -0.910. The molecule has 4 nitrogen and oxygen atoms in total. The molecule has 0 fully saturated rings. The summed E-state index contributed by atoms with van der Waals surface area (Å²) >= 11 is 7.82. The highest BCUT2D eigenvalue weighted by Crippen LogP contribution is 2.32. The lowest BCUT2D eigenvalue weighted by atomic mass is 10.2. The van der Waals surface area contributed by atoms with Crippen LogP contribution in [0.1, 0.15) is 25.1 Å². The molecular formula is C15H23ClN4S. The fourth-order valence-corrected chi connectivity index (χ4v) is 3.51. The minimum atomic E-state index is 0.341. The Labute approximate surface area is 135 Å². The highest BCUT2D eigenvalue weighted by Gasteiger charge is 2.15. The topological polar surface area (TPSA) is 32.3 Å². The van der Waals surface area contributed by atoms with Crippen LogP contribution in [0.4, 0.5) is 5.82 Å². The molecule has 0 unspecified atom stereocenters. The number of rotatable bonds is 7. The third kappa shape index (κ3) is 4.05. The van der Waals surface area contributed by atoms with Gasteiger partial charge in [-0.25, -0.2) is 4.98 Å². The van der Waals surface area contributed by atoms with Crippen molar-refractivity contribution in [3.05, 3.63) is 16.2 Å². The number of fused-ring (bicyclic) bond motifs is 1. The Kier molecular flexibility index (Phi) is 5.79. The molecule has 116 valence electrons. The molecule has 2 aromatic rings. The summed E-state index contributed by atoms with van der Waals surface area (Å²) in [5.74, 6) is 0.974. The molecule has 6 heteroatoms. The van der Waals surface area contributed by atoms with Crippen molar-refractivity contribution in [1.82, 2.24) is 14.9 Å². The maximum atomic E-state index is 6.11. The van der Waals surface area contributed by atoms with Gasteiger partial charge in [-0.2, -0.15) is 4.98 Å². The normalized spacial score (nSPS) is 11.5.